The molecule has 0 fully saturated rings. The highest BCUT2D eigenvalue weighted by Crippen LogP contribution is 2.13. The molecule has 0 spiro atoms. The zero-order valence-electron chi connectivity index (χ0n) is 14.8. The van der Waals surface area contributed by atoms with Crippen molar-refractivity contribution in [3.8, 4) is 0 Å². The van der Waals surface area contributed by atoms with Gasteiger partial charge in [0, 0.05) is 42.9 Å². The molecule has 0 aliphatic heterocycles. The summed E-state index contributed by atoms with van der Waals surface area (Å²) in [6.45, 7) is 2.42. The highest BCUT2D eigenvalue weighted by atomic mass is 35.5. The molecule has 2 amide bonds. The number of rotatable bonds is 10. The Morgan fingerprint density at radius 3 is 2.54 bits per heavy atom. The van der Waals surface area contributed by atoms with Crippen molar-refractivity contribution >= 4 is 29.1 Å². The number of aryl methyl sites for hydroxylation is 2. The Kier molecular flexibility index (Phi) is 8.08. The Bertz CT molecular complexity index is 715. The lowest BCUT2D eigenvalue weighted by Crippen LogP contribution is -2.25. The first kappa shape index (κ1) is 19.9. The van der Waals surface area contributed by atoms with E-state index in [2.05, 4.69) is 20.8 Å². The molecule has 0 saturated heterocycles. The zero-order valence-corrected chi connectivity index (χ0v) is 15.5. The molecule has 0 unspecified atom stereocenters. The van der Waals surface area contributed by atoms with Crippen molar-refractivity contribution in [1.29, 1.82) is 0 Å². The van der Waals surface area contributed by atoms with Gasteiger partial charge in [-0.3, -0.25) is 9.59 Å². The second-order valence-electron chi connectivity index (χ2n) is 5.82. The first-order chi connectivity index (χ1) is 12.6. The molecule has 0 saturated carbocycles. The number of anilines is 1. The minimum Gasteiger partial charge on any atom is -0.356 e. The van der Waals surface area contributed by atoms with Gasteiger partial charge in [-0.05, 0) is 37.1 Å². The number of hydrogen-bond donors (Lipinski definition) is 2. The van der Waals surface area contributed by atoms with E-state index in [1.807, 2.05) is 6.92 Å². The van der Waals surface area contributed by atoms with Gasteiger partial charge in [0.25, 0.3) is 0 Å². The van der Waals surface area contributed by atoms with Crippen molar-refractivity contribution in [2.45, 2.75) is 45.4 Å². The molecule has 0 aliphatic rings. The third-order valence-electron chi connectivity index (χ3n) is 3.65. The number of carbonyl (C=O) groups excluding carboxylic acids is 2. The van der Waals surface area contributed by atoms with E-state index in [0.29, 0.717) is 61.1 Å². The van der Waals surface area contributed by atoms with Gasteiger partial charge < -0.3 is 15.2 Å². The number of benzene rings is 1. The Morgan fingerprint density at radius 2 is 1.85 bits per heavy atom. The molecule has 7 nitrogen and oxygen atoms in total. The molecule has 8 heteroatoms. The lowest BCUT2D eigenvalue weighted by Gasteiger charge is -2.06. The number of hydrogen-bond acceptors (Lipinski definition) is 5. The maximum atomic E-state index is 11.8. The maximum absolute atomic E-state index is 11.8. The molecule has 1 aromatic carbocycles. The van der Waals surface area contributed by atoms with E-state index in [9.17, 15) is 9.59 Å². The number of nitrogens with one attached hydrogen (secondary N) is 2. The summed E-state index contributed by atoms with van der Waals surface area (Å²) < 4.78 is 5.07. The van der Waals surface area contributed by atoms with Gasteiger partial charge in [0.1, 0.15) is 0 Å². The summed E-state index contributed by atoms with van der Waals surface area (Å²) in [5.74, 6) is 1.11. The average Bonchev–Trinajstić information content (AvgIpc) is 3.09. The normalized spacial score (nSPS) is 10.5. The predicted octanol–water partition coefficient (Wildman–Crippen LogP) is 3.14. The summed E-state index contributed by atoms with van der Waals surface area (Å²) in [5.41, 5.74) is 0.704. The molecule has 2 rings (SSSR count). The third kappa shape index (κ3) is 7.23. The highest BCUT2D eigenvalue weighted by Gasteiger charge is 2.07. The van der Waals surface area contributed by atoms with Crippen molar-refractivity contribution < 1.29 is 14.1 Å². The molecule has 0 atom stereocenters. The lowest BCUT2D eigenvalue weighted by molar-refractivity contribution is -0.121. The van der Waals surface area contributed by atoms with Gasteiger partial charge in [0.05, 0.1) is 0 Å². The number of carbonyl (C=O) groups is 2. The van der Waals surface area contributed by atoms with E-state index in [1.54, 1.807) is 24.3 Å². The minimum atomic E-state index is -0.0929. The van der Waals surface area contributed by atoms with Crippen LogP contribution < -0.4 is 10.6 Å². The summed E-state index contributed by atoms with van der Waals surface area (Å²) in [7, 11) is 0. The Labute approximate surface area is 157 Å². The predicted molar refractivity (Wildman–Crippen MR) is 98.9 cm³/mol. The summed E-state index contributed by atoms with van der Waals surface area (Å²) in [4.78, 5) is 27.8. The van der Waals surface area contributed by atoms with Gasteiger partial charge in [0.15, 0.2) is 5.82 Å². The van der Waals surface area contributed by atoms with E-state index < -0.39 is 0 Å². The van der Waals surface area contributed by atoms with Crippen molar-refractivity contribution in [1.82, 2.24) is 15.5 Å². The van der Waals surface area contributed by atoms with Crippen LogP contribution in [0.15, 0.2) is 28.8 Å². The van der Waals surface area contributed by atoms with E-state index in [0.717, 1.165) is 6.42 Å². The van der Waals surface area contributed by atoms with Crippen LogP contribution >= 0.6 is 11.6 Å². The van der Waals surface area contributed by atoms with E-state index in [-0.39, 0.29) is 11.8 Å². The Balaban J connectivity index is 1.53. The van der Waals surface area contributed by atoms with Crippen molar-refractivity contribution in [3.05, 3.63) is 41.0 Å². The molecule has 1 aromatic heterocycles. The van der Waals surface area contributed by atoms with E-state index in [1.165, 1.54) is 0 Å². The van der Waals surface area contributed by atoms with Gasteiger partial charge >= 0.3 is 0 Å². The van der Waals surface area contributed by atoms with E-state index >= 15 is 0 Å². The minimum absolute atomic E-state index is 0.0432. The molecule has 2 N–H and O–H groups in total. The number of nitrogens with zero attached hydrogens (tertiary/aromatic N) is 2. The molecular formula is C18H23ClN4O3. The monoisotopic (exact) mass is 378 g/mol. The maximum Gasteiger partial charge on any atom is 0.226 e. The molecule has 0 bridgehead atoms. The summed E-state index contributed by atoms with van der Waals surface area (Å²) in [6, 6.07) is 6.92. The van der Waals surface area contributed by atoms with Gasteiger partial charge in [-0.1, -0.05) is 23.7 Å². The van der Waals surface area contributed by atoms with Crippen LogP contribution in [0, 0.1) is 0 Å². The van der Waals surface area contributed by atoms with Crippen LogP contribution in [0.3, 0.4) is 0 Å². The summed E-state index contributed by atoms with van der Waals surface area (Å²) in [5, 5.41) is 10.0. The second kappa shape index (κ2) is 10.6. The smallest absolute Gasteiger partial charge is 0.226 e. The van der Waals surface area contributed by atoms with Crippen molar-refractivity contribution in [2.75, 3.05) is 11.9 Å². The van der Waals surface area contributed by atoms with Gasteiger partial charge in [-0.25, -0.2) is 0 Å². The fraction of sp³-hybridized carbons (Fsp3) is 0.444. The molecule has 0 aliphatic carbocycles. The van der Waals surface area contributed by atoms with Crippen LogP contribution in [0.4, 0.5) is 5.69 Å². The molecule has 1 heterocycles. The fourth-order valence-electron chi connectivity index (χ4n) is 2.26. The SMILES string of the molecule is CCc1noc(CCCC(=O)NCCCC(=O)Nc2ccc(Cl)cc2)n1. The van der Waals surface area contributed by atoms with Gasteiger partial charge in [-0.2, -0.15) is 4.98 Å². The van der Waals surface area contributed by atoms with Crippen LogP contribution in [0.5, 0.6) is 0 Å². The van der Waals surface area contributed by atoms with Gasteiger partial charge in [0.2, 0.25) is 17.7 Å². The molecule has 2 aromatic rings. The van der Waals surface area contributed by atoms with E-state index in [4.69, 9.17) is 16.1 Å². The van der Waals surface area contributed by atoms with Crippen molar-refractivity contribution in [2.24, 2.45) is 0 Å². The molecular weight excluding hydrogens is 356 g/mol. The van der Waals surface area contributed by atoms with Crippen LogP contribution in [-0.4, -0.2) is 28.5 Å². The molecule has 26 heavy (non-hydrogen) atoms. The summed E-state index contributed by atoms with van der Waals surface area (Å²) in [6.07, 6.45) is 3.27. The molecule has 140 valence electrons. The topological polar surface area (TPSA) is 97.1 Å². The standard InChI is InChI=1S/C18H23ClN4O3/c1-2-15-22-18(26-23-15)7-3-5-16(24)20-12-4-6-17(25)21-14-10-8-13(19)9-11-14/h8-11H,2-7,12H2,1H3,(H,20,24)(H,21,25). The zero-order chi connectivity index (χ0) is 18.8. The van der Waals surface area contributed by atoms with Crippen LogP contribution in [0.2, 0.25) is 5.02 Å². The van der Waals surface area contributed by atoms with Crippen LogP contribution in [0.1, 0.15) is 44.3 Å². The van der Waals surface area contributed by atoms with Crippen LogP contribution in [0.25, 0.3) is 0 Å². The number of halogens is 1. The number of aromatic nitrogens is 2. The van der Waals surface area contributed by atoms with Crippen molar-refractivity contribution in [3.63, 3.8) is 0 Å². The largest absolute Gasteiger partial charge is 0.356 e. The Morgan fingerprint density at radius 1 is 1.12 bits per heavy atom. The molecule has 0 radical (unpaired) electrons. The second-order valence-corrected chi connectivity index (χ2v) is 6.26. The highest BCUT2D eigenvalue weighted by molar-refractivity contribution is 6.30. The number of amides is 2. The average molecular weight is 379 g/mol. The Hall–Kier alpha value is -2.41. The quantitative estimate of drug-likeness (QED) is 0.619. The fourth-order valence-corrected chi connectivity index (χ4v) is 2.38. The summed E-state index contributed by atoms with van der Waals surface area (Å²) >= 11 is 5.79. The first-order valence-corrected chi connectivity index (χ1v) is 9.08. The lowest BCUT2D eigenvalue weighted by atomic mass is 10.2. The first-order valence-electron chi connectivity index (χ1n) is 8.70. The van der Waals surface area contributed by atoms with Crippen LogP contribution in [-0.2, 0) is 22.4 Å². The van der Waals surface area contributed by atoms with Gasteiger partial charge in [-0.15, -0.1) is 0 Å². The third-order valence-corrected chi connectivity index (χ3v) is 3.90.